The summed E-state index contributed by atoms with van der Waals surface area (Å²) in [5.41, 5.74) is 4.17. The molecule has 0 spiro atoms. The molecule has 10 nitrogen and oxygen atoms in total. The molecule has 12 heteroatoms. The van der Waals surface area contributed by atoms with Crippen molar-refractivity contribution in [3.63, 3.8) is 0 Å². The van der Waals surface area contributed by atoms with Crippen LogP contribution in [0.5, 0.6) is 0 Å². The highest BCUT2D eigenvalue weighted by molar-refractivity contribution is 7.57. The van der Waals surface area contributed by atoms with Crippen molar-refractivity contribution in [3.05, 3.63) is 78.0 Å². The van der Waals surface area contributed by atoms with Gasteiger partial charge < -0.3 is 24.7 Å². The smallest absolute Gasteiger partial charge is 0.247 e. The highest BCUT2D eigenvalue weighted by Crippen LogP contribution is 2.34. The molecule has 1 aromatic heterocycles. The second-order valence-corrected chi connectivity index (χ2v) is 11.3. The van der Waals surface area contributed by atoms with Crippen LogP contribution in [0.15, 0.2) is 67.4 Å². The van der Waals surface area contributed by atoms with E-state index in [9.17, 15) is 4.79 Å². The molecule has 1 aliphatic rings. The molecule has 4 rings (SSSR count). The molecule has 2 aromatic carbocycles. The summed E-state index contributed by atoms with van der Waals surface area (Å²) in [5.74, 6) is 0.362. The topological polar surface area (TPSA) is 120 Å². The van der Waals surface area contributed by atoms with Crippen LogP contribution in [0.2, 0.25) is 5.02 Å². The normalized spacial score (nSPS) is 14.2. The van der Waals surface area contributed by atoms with E-state index in [1.54, 1.807) is 6.20 Å². The molecule has 0 aliphatic carbocycles. The Hall–Kier alpha value is -3.08. The number of nitrogens with one attached hydrogen (secondary N) is 1. The average molecular weight is 586 g/mol. The fraction of sp³-hybridized carbons (Fsp3) is 0.286. The minimum absolute atomic E-state index is 0.0528. The fourth-order valence-corrected chi connectivity index (χ4v) is 4.69. The second-order valence-electron chi connectivity index (χ2n) is 9.26. The fourth-order valence-electron chi connectivity index (χ4n) is 4.25. The molecule has 0 amide bonds. The number of hydrogen-bond donors (Lipinski definition) is 3. The lowest BCUT2D eigenvalue weighted by molar-refractivity contribution is -0.114. The van der Waals surface area contributed by atoms with Crippen molar-refractivity contribution >= 4 is 48.6 Å². The van der Waals surface area contributed by atoms with Crippen LogP contribution in [-0.2, 0) is 20.5 Å². The maximum atomic E-state index is 11.8. The van der Waals surface area contributed by atoms with Gasteiger partial charge in [0.05, 0.1) is 23.5 Å². The lowest BCUT2D eigenvalue weighted by atomic mass is 10.0. The summed E-state index contributed by atoms with van der Waals surface area (Å²) in [5, 5.41) is 3.70. The van der Waals surface area contributed by atoms with E-state index in [0.29, 0.717) is 23.3 Å². The summed E-state index contributed by atoms with van der Waals surface area (Å²) in [7, 11) is -3.51. The van der Waals surface area contributed by atoms with Gasteiger partial charge in [-0.1, -0.05) is 42.4 Å². The first-order chi connectivity index (χ1) is 19.2. The number of nitrogens with zero attached hydrogens (tertiary/aromatic N) is 4. The third-order valence-corrected chi connectivity index (χ3v) is 7.08. The molecule has 3 N–H and O–H groups in total. The first-order valence-corrected chi connectivity index (χ1v) is 14.9. The number of allylic oxidation sites excluding steroid dienone is 1. The third kappa shape index (κ3) is 8.97. The van der Waals surface area contributed by atoms with Gasteiger partial charge in [-0.3, -0.25) is 14.2 Å². The first-order valence-electron chi connectivity index (χ1n) is 12.7. The van der Waals surface area contributed by atoms with E-state index in [1.165, 1.54) is 6.08 Å². The van der Waals surface area contributed by atoms with Crippen LogP contribution in [0.1, 0.15) is 5.56 Å². The SMILES string of the molecule is C=CC(=O)Cc1cccc(-c2nc(Nc3cccc(N4CCN(CCOCOP(=C)(O)O)CC4)c3)ncc2Cl)c1. The number of rotatable bonds is 13. The molecule has 3 aromatic rings. The summed E-state index contributed by atoms with van der Waals surface area (Å²) in [6, 6.07) is 15.6. The molecule has 0 radical (unpaired) electrons. The van der Waals surface area contributed by atoms with Crippen LogP contribution in [0.3, 0.4) is 0 Å². The van der Waals surface area contributed by atoms with Crippen LogP contribution in [-0.4, -0.2) is 82.9 Å². The molecule has 2 heterocycles. The number of anilines is 3. The van der Waals surface area contributed by atoms with Crippen LogP contribution in [0.25, 0.3) is 11.3 Å². The Labute approximate surface area is 239 Å². The van der Waals surface area contributed by atoms with E-state index < -0.39 is 7.57 Å². The maximum absolute atomic E-state index is 11.8. The average Bonchev–Trinajstić information content (AvgIpc) is 2.94. The highest BCUT2D eigenvalue weighted by atomic mass is 35.5. The third-order valence-electron chi connectivity index (χ3n) is 6.28. The lowest BCUT2D eigenvalue weighted by Crippen LogP contribution is -2.47. The van der Waals surface area contributed by atoms with Gasteiger partial charge in [0.2, 0.25) is 13.5 Å². The second kappa shape index (κ2) is 14.0. The van der Waals surface area contributed by atoms with E-state index in [0.717, 1.165) is 55.2 Å². The van der Waals surface area contributed by atoms with Gasteiger partial charge in [-0.25, -0.2) is 9.97 Å². The monoisotopic (exact) mass is 585 g/mol. The number of carbonyl (C=O) groups excluding carboxylic acids is 1. The van der Waals surface area contributed by atoms with Crippen LogP contribution in [0.4, 0.5) is 17.3 Å². The predicted molar refractivity (Wildman–Crippen MR) is 160 cm³/mol. The summed E-state index contributed by atoms with van der Waals surface area (Å²) in [6.07, 6.45) is 6.29. The number of piperazine rings is 1. The molecule has 1 fully saturated rings. The summed E-state index contributed by atoms with van der Waals surface area (Å²) >= 11 is 6.44. The van der Waals surface area contributed by atoms with E-state index in [4.69, 9.17) is 30.6 Å². The summed E-state index contributed by atoms with van der Waals surface area (Å²) in [6.45, 7) is 7.95. The Kier molecular flexibility index (Phi) is 10.5. The van der Waals surface area contributed by atoms with E-state index >= 15 is 0 Å². The van der Waals surface area contributed by atoms with Gasteiger partial charge in [0.1, 0.15) is 0 Å². The van der Waals surface area contributed by atoms with Crippen molar-refractivity contribution in [2.45, 2.75) is 6.42 Å². The summed E-state index contributed by atoms with van der Waals surface area (Å²) < 4.78 is 10.0. The zero-order chi connectivity index (χ0) is 28.5. The van der Waals surface area contributed by atoms with Gasteiger partial charge in [0.15, 0.2) is 12.6 Å². The van der Waals surface area contributed by atoms with Crippen molar-refractivity contribution in [3.8, 4) is 11.3 Å². The van der Waals surface area contributed by atoms with Crippen LogP contribution < -0.4 is 10.2 Å². The van der Waals surface area contributed by atoms with Gasteiger partial charge in [-0.15, -0.1) is 0 Å². The lowest BCUT2D eigenvalue weighted by Gasteiger charge is -2.36. The van der Waals surface area contributed by atoms with Crippen molar-refractivity contribution in [1.29, 1.82) is 0 Å². The van der Waals surface area contributed by atoms with Crippen molar-refractivity contribution in [1.82, 2.24) is 14.9 Å². The number of hydrogen-bond acceptors (Lipinski definition) is 10. The zero-order valence-electron chi connectivity index (χ0n) is 22.1. The number of ketones is 1. The van der Waals surface area contributed by atoms with Crippen molar-refractivity contribution in [2.75, 3.05) is 56.3 Å². The number of benzene rings is 2. The first kappa shape index (κ1) is 29.9. The largest absolute Gasteiger partial charge is 0.369 e. The molecule has 0 saturated carbocycles. The van der Waals surface area contributed by atoms with Crippen LogP contribution >= 0.6 is 19.2 Å². The van der Waals surface area contributed by atoms with Gasteiger partial charge >= 0.3 is 0 Å². The molecular weight excluding hydrogens is 553 g/mol. The Morgan fingerprint density at radius 3 is 2.67 bits per heavy atom. The van der Waals surface area contributed by atoms with E-state index in [2.05, 4.69) is 50.1 Å². The molecule has 1 saturated heterocycles. The maximum Gasteiger partial charge on any atom is 0.247 e. The van der Waals surface area contributed by atoms with E-state index in [-0.39, 0.29) is 19.0 Å². The minimum atomic E-state index is -3.51. The molecule has 40 heavy (non-hydrogen) atoms. The highest BCUT2D eigenvalue weighted by Gasteiger charge is 2.18. The molecule has 0 atom stereocenters. The number of carbonyl (C=O) groups is 1. The van der Waals surface area contributed by atoms with Crippen LogP contribution in [0, 0.1) is 0 Å². The Balaban J connectivity index is 1.35. The molecule has 1 aliphatic heterocycles. The Morgan fingerprint density at radius 1 is 1.15 bits per heavy atom. The van der Waals surface area contributed by atoms with Crippen molar-refractivity contribution < 1.29 is 23.8 Å². The van der Waals surface area contributed by atoms with Gasteiger partial charge in [0.25, 0.3) is 0 Å². The number of aromatic nitrogens is 2. The van der Waals surface area contributed by atoms with Gasteiger partial charge in [-0.05, 0) is 42.2 Å². The standard InChI is InChI=1S/C28H33ClN5O5P/c1-3-25(35)17-21-6-4-7-22(16-21)27-26(29)19-30-28(32-27)31-23-8-5-9-24(18-23)34-12-10-33(11-13-34)14-15-38-20-39-40(2,36)37/h3-9,16,18-19,36-37H,1-2,10-15,17,20H2,(H,30,31,32). The quantitative estimate of drug-likeness (QED) is 0.117. The predicted octanol–water partition coefficient (Wildman–Crippen LogP) is 4.13. The summed E-state index contributed by atoms with van der Waals surface area (Å²) in [4.78, 5) is 43.7. The number of halogens is 1. The Bertz CT molecular complexity index is 1380. The molecule has 212 valence electrons. The van der Waals surface area contributed by atoms with Gasteiger partial charge in [-0.2, -0.15) is 0 Å². The number of ether oxygens (including phenoxy) is 1. The Morgan fingerprint density at radius 2 is 1.93 bits per heavy atom. The molecule has 0 bridgehead atoms. The van der Waals surface area contributed by atoms with E-state index in [1.807, 2.05) is 36.4 Å². The minimum Gasteiger partial charge on any atom is -0.369 e. The zero-order valence-corrected chi connectivity index (χ0v) is 23.7. The van der Waals surface area contributed by atoms with Gasteiger partial charge in [0, 0.05) is 56.1 Å². The molecule has 0 unspecified atom stereocenters. The van der Waals surface area contributed by atoms with Crippen molar-refractivity contribution in [2.24, 2.45) is 0 Å². The molecular formula is C28H33ClN5O5P.